The first kappa shape index (κ1) is 16.4. The van der Waals surface area contributed by atoms with E-state index in [-0.39, 0.29) is 18.0 Å². The molecule has 0 bridgehead atoms. The van der Waals surface area contributed by atoms with E-state index in [0.717, 1.165) is 22.9 Å². The van der Waals surface area contributed by atoms with Crippen LogP contribution in [0.3, 0.4) is 0 Å². The predicted octanol–water partition coefficient (Wildman–Crippen LogP) is 3.45. The van der Waals surface area contributed by atoms with Crippen molar-refractivity contribution in [1.29, 1.82) is 0 Å². The highest BCUT2D eigenvalue weighted by Crippen LogP contribution is 2.21. The molecule has 126 valence electrons. The van der Waals surface area contributed by atoms with Gasteiger partial charge in [-0.2, -0.15) is 9.61 Å². The van der Waals surface area contributed by atoms with Gasteiger partial charge in [-0.15, -0.1) is 0 Å². The van der Waals surface area contributed by atoms with Gasteiger partial charge in [0, 0.05) is 29.9 Å². The van der Waals surface area contributed by atoms with Gasteiger partial charge in [-0.25, -0.2) is 9.37 Å². The van der Waals surface area contributed by atoms with Gasteiger partial charge in [0.2, 0.25) is 0 Å². The molecular weight excluding hydrogens is 307 g/mol. The summed E-state index contributed by atoms with van der Waals surface area (Å²) >= 11 is 0. The van der Waals surface area contributed by atoms with Crippen LogP contribution in [0.15, 0.2) is 36.4 Å². The third kappa shape index (κ3) is 3.23. The number of hydrogen-bond donors (Lipinski definition) is 2. The van der Waals surface area contributed by atoms with E-state index in [0.29, 0.717) is 0 Å². The largest absolute Gasteiger partial charge is 0.386 e. The first-order valence-electron chi connectivity index (χ1n) is 7.99. The van der Waals surface area contributed by atoms with E-state index < -0.39 is 11.9 Å². The van der Waals surface area contributed by atoms with Gasteiger partial charge in [-0.1, -0.05) is 32.0 Å². The van der Waals surface area contributed by atoms with Gasteiger partial charge in [-0.3, -0.25) is 0 Å². The molecule has 2 aromatic heterocycles. The van der Waals surface area contributed by atoms with Gasteiger partial charge in [-0.05, 0) is 18.9 Å². The molecule has 0 spiro atoms. The standard InChI is InChI=1S/C18H21FN4O/c1-11(2)15-9-17(23-18(21-15)8-12(3)22-23)20-10-16(24)13-6-4-5-7-14(13)19/h4-9,11,16,20,24H,10H2,1-3H3. The topological polar surface area (TPSA) is 62.5 Å². The monoisotopic (exact) mass is 328 g/mol. The van der Waals surface area contributed by atoms with Crippen molar-refractivity contribution in [3.8, 4) is 0 Å². The predicted molar refractivity (Wildman–Crippen MR) is 91.7 cm³/mol. The Bertz CT molecular complexity index is 859. The Kier molecular flexibility index (Phi) is 4.49. The van der Waals surface area contributed by atoms with Gasteiger partial charge in [0.05, 0.1) is 11.8 Å². The number of aryl methyl sites for hydroxylation is 1. The molecule has 0 saturated carbocycles. The fourth-order valence-corrected chi connectivity index (χ4v) is 2.59. The zero-order valence-electron chi connectivity index (χ0n) is 14.0. The third-order valence-corrected chi connectivity index (χ3v) is 3.90. The van der Waals surface area contributed by atoms with E-state index in [1.807, 2.05) is 19.1 Å². The molecule has 6 heteroatoms. The lowest BCUT2D eigenvalue weighted by Crippen LogP contribution is -2.16. The minimum absolute atomic E-state index is 0.177. The van der Waals surface area contributed by atoms with Gasteiger partial charge in [0.15, 0.2) is 5.65 Å². The molecule has 1 aromatic carbocycles. The van der Waals surface area contributed by atoms with Crippen molar-refractivity contribution in [1.82, 2.24) is 14.6 Å². The summed E-state index contributed by atoms with van der Waals surface area (Å²) in [7, 11) is 0. The number of hydrogen-bond acceptors (Lipinski definition) is 4. The maximum absolute atomic E-state index is 13.8. The molecule has 24 heavy (non-hydrogen) atoms. The van der Waals surface area contributed by atoms with Crippen LogP contribution in [0.5, 0.6) is 0 Å². The second-order valence-electron chi connectivity index (χ2n) is 6.19. The Balaban J connectivity index is 1.88. The van der Waals surface area contributed by atoms with E-state index in [9.17, 15) is 9.50 Å². The number of rotatable bonds is 5. The number of benzene rings is 1. The summed E-state index contributed by atoms with van der Waals surface area (Å²) in [5.41, 5.74) is 2.82. The number of aromatic nitrogens is 3. The second-order valence-corrected chi connectivity index (χ2v) is 6.19. The van der Waals surface area contributed by atoms with E-state index in [4.69, 9.17) is 0 Å². The minimum Gasteiger partial charge on any atom is -0.386 e. The Labute approximate surface area is 140 Å². The van der Waals surface area contributed by atoms with Crippen molar-refractivity contribution in [2.75, 3.05) is 11.9 Å². The van der Waals surface area contributed by atoms with E-state index in [1.165, 1.54) is 6.07 Å². The van der Waals surface area contributed by atoms with E-state index >= 15 is 0 Å². The van der Waals surface area contributed by atoms with Crippen LogP contribution in [0.1, 0.15) is 42.8 Å². The van der Waals surface area contributed by atoms with Crippen LogP contribution in [-0.2, 0) is 0 Å². The highest BCUT2D eigenvalue weighted by Gasteiger charge is 2.14. The maximum atomic E-state index is 13.8. The number of halogens is 1. The Hall–Kier alpha value is -2.47. The third-order valence-electron chi connectivity index (χ3n) is 3.90. The molecule has 0 aliphatic heterocycles. The molecule has 0 radical (unpaired) electrons. The first-order chi connectivity index (χ1) is 11.5. The van der Waals surface area contributed by atoms with Gasteiger partial charge in [0.1, 0.15) is 11.6 Å². The molecule has 3 aromatic rings. The number of anilines is 1. The number of nitrogens with one attached hydrogen (secondary N) is 1. The lowest BCUT2D eigenvalue weighted by molar-refractivity contribution is 0.186. The Morgan fingerprint density at radius 2 is 2.00 bits per heavy atom. The molecular formula is C18H21FN4O. The highest BCUT2D eigenvalue weighted by molar-refractivity contribution is 5.51. The normalized spacial score (nSPS) is 12.8. The SMILES string of the molecule is Cc1cc2nc(C(C)C)cc(NCC(O)c3ccccc3F)n2n1. The fraction of sp³-hybridized carbons (Fsp3) is 0.333. The average molecular weight is 328 g/mol. The summed E-state index contributed by atoms with van der Waals surface area (Å²) < 4.78 is 15.5. The quantitative estimate of drug-likeness (QED) is 0.753. The fourth-order valence-electron chi connectivity index (χ4n) is 2.59. The molecule has 1 atom stereocenters. The minimum atomic E-state index is -0.950. The van der Waals surface area contributed by atoms with Gasteiger partial charge in [0.25, 0.3) is 0 Å². The summed E-state index contributed by atoms with van der Waals surface area (Å²) in [5, 5.41) is 17.9. The molecule has 0 fully saturated rings. The molecule has 3 rings (SSSR count). The Morgan fingerprint density at radius 1 is 1.25 bits per heavy atom. The zero-order chi connectivity index (χ0) is 17.3. The summed E-state index contributed by atoms with van der Waals surface area (Å²) in [6, 6.07) is 10.1. The average Bonchev–Trinajstić information content (AvgIpc) is 2.92. The molecule has 2 heterocycles. The lowest BCUT2D eigenvalue weighted by atomic mass is 10.1. The van der Waals surface area contributed by atoms with Crippen LogP contribution < -0.4 is 5.32 Å². The van der Waals surface area contributed by atoms with Crippen molar-refractivity contribution in [3.05, 3.63) is 59.2 Å². The van der Waals surface area contributed by atoms with Gasteiger partial charge < -0.3 is 10.4 Å². The molecule has 0 saturated heterocycles. The molecule has 1 unspecified atom stereocenters. The molecule has 0 aliphatic carbocycles. The van der Waals surface area contributed by atoms with Gasteiger partial charge >= 0.3 is 0 Å². The summed E-state index contributed by atoms with van der Waals surface area (Å²) in [6.07, 6.45) is -0.950. The van der Waals surface area contributed by atoms with Crippen molar-refractivity contribution in [2.45, 2.75) is 32.8 Å². The number of aliphatic hydroxyl groups is 1. The van der Waals surface area contributed by atoms with Crippen LogP contribution in [-0.4, -0.2) is 26.2 Å². The van der Waals surface area contributed by atoms with Crippen LogP contribution >= 0.6 is 0 Å². The van der Waals surface area contributed by atoms with Crippen molar-refractivity contribution < 1.29 is 9.50 Å². The van der Waals surface area contributed by atoms with Crippen LogP contribution in [0.2, 0.25) is 0 Å². The van der Waals surface area contributed by atoms with E-state index in [2.05, 4.69) is 29.2 Å². The number of fused-ring (bicyclic) bond motifs is 1. The summed E-state index contributed by atoms with van der Waals surface area (Å²) in [6.45, 7) is 6.22. The van der Waals surface area contributed by atoms with Crippen LogP contribution in [0.25, 0.3) is 5.65 Å². The smallest absolute Gasteiger partial charge is 0.157 e. The number of nitrogens with zero attached hydrogens (tertiary/aromatic N) is 3. The molecule has 2 N–H and O–H groups in total. The maximum Gasteiger partial charge on any atom is 0.157 e. The van der Waals surface area contributed by atoms with E-state index in [1.54, 1.807) is 22.7 Å². The van der Waals surface area contributed by atoms with Crippen molar-refractivity contribution >= 4 is 11.5 Å². The second kappa shape index (κ2) is 6.57. The van der Waals surface area contributed by atoms with Crippen LogP contribution in [0, 0.1) is 12.7 Å². The van der Waals surface area contributed by atoms with Crippen LogP contribution in [0.4, 0.5) is 10.2 Å². The first-order valence-corrected chi connectivity index (χ1v) is 7.99. The number of aliphatic hydroxyl groups excluding tert-OH is 1. The summed E-state index contributed by atoms with van der Waals surface area (Å²) in [4.78, 5) is 4.59. The molecule has 0 amide bonds. The lowest BCUT2D eigenvalue weighted by Gasteiger charge is -2.16. The Morgan fingerprint density at radius 3 is 2.71 bits per heavy atom. The van der Waals surface area contributed by atoms with Crippen molar-refractivity contribution in [3.63, 3.8) is 0 Å². The van der Waals surface area contributed by atoms with Crippen molar-refractivity contribution in [2.24, 2.45) is 0 Å². The highest BCUT2D eigenvalue weighted by atomic mass is 19.1. The molecule has 5 nitrogen and oxygen atoms in total. The summed E-state index contributed by atoms with van der Waals surface area (Å²) in [5.74, 6) is 0.582. The zero-order valence-corrected chi connectivity index (χ0v) is 14.0. The molecule has 0 aliphatic rings.